The lowest BCUT2D eigenvalue weighted by atomic mass is 10.1. The quantitative estimate of drug-likeness (QED) is 0.666. The van der Waals surface area contributed by atoms with Crippen molar-refractivity contribution in [3.8, 4) is 0 Å². The maximum absolute atomic E-state index is 5.56. The van der Waals surface area contributed by atoms with E-state index in [0.717, 1.165) is 19.8 Å². The molecular formula is C9H19NO2. The van der Waals surface area contributed by atoms with Crippen molar-refractivity contribution in [3.05, 3.63) is 0 Å². The highest BCUT2D eigenvalue weighted by molar-refractivity contribution is 4.78. The van der Waals surface area contributed by atoms with Gasteiger partial charge in [0.05, 0.1) is 18.8 Å². The summed E-state index contributed by atoms with van der Waals surface area (Å²) in [6.45, 7) is 4.47. The van der Waals surface area contributed by atoms with E-state index in [9.17, 15) is 0 Å². The van der Waals surface area contributed by atoms with E-state index in [-0.39, 0.29) is 0 Å². The van der Waals surface area contributed by atoms with E-state index in [2.05, 4.69) is 5.32 Å². The predicted molar refractivity (Wildman–Crippen MR) is 48.3 cm³/mol. The molecule has 1 saturated heterocycles. The molecule has 1 aliphatic heterocycles. The van der Waals surface area contributed by atoms with Gasteiger partial charge in [-0.3, -0.25) is 0 Å². The van der Waals surface area contributed by atoms with Crippen LogP contribution in [0, 0.1) is 0 Å². The van der Waals surface area contributed by atoms with Gasteiger partial charge in [0.1, 0.15) is 0 Å². The van der Waals surface area contributed by atoms with Crippen LogP contribution in [0.15, 0.2) is 0 Å². The summed E-state index contributed by atoms with van der Waals surface area (Å²) in [5.41, 5.74) is 0. The molecule has 0 amide bonds. The van der Waals surface area contributed by atoms with Crippen molar-refractivity contribution >= 4 is 0 Å². The smallest absolute Gasteiger partial charge is 0.0751 e. The van der Waals surface area contributed by atoms with Crippen molar-refractivity contribution < 1.29 is 9.47 Å². The van der Waals surface area contributed by atoms with Gasteiger partial charge in [-0.15, -0.1) is 0 Å². The molecule has 0 aliphatic carbocycles. The molecule has 1 rings (SSSR count). The lowest BCUT2D eigenvalue weighted by molar-refractivity contribution is 0.0351. The molecule has 0 spiro atoms. The van der Waals surface area contributed by atoms with E-state index in [4.69, 9.17) is 9.47 Å². The van der Waals surface area contributed by atoms with Crippen molar-refractivity contribution in [2.45, 2.75) is 31.9 Å². The van der Waals surface area contributed by atoms with Crippen LogP contribution in [0.2, 0.25) is 0 Å². The molecule has 1 N–H and O–H groups in total. The third kappa shape index (κ3) is 2.73. The summed E-state index contributed by atoms with van der Waals surface area (Å²) in [6, 6.07) is 0.368. The zero-order valence-electron chi connectivity index (χ0n) is 8.01. The standard InChI is InChI=1S/C9H19NO2/c1-3-11-7-8(10-2)9-5-4-6-12-9/h8-10H,3-7H2,1-2H3. The number of ether oxygens (including phenoxy) is 2. The summed E-state index contributed by atoms with van der Waals surface area (Å²) in [5, 5.41) is 3.23. The van der Waals surface area contributed by atoms with Gasteiger partial charge in [0.2, 0.25) is 0 Å². The average Bonchev–Trinajstić information content (AvgIpc) is 2.59. The molecule has 12 heavy (non-hydrogen) atoms. The Morgan fingerprint density at radius 2 is 2.50 bits per heavy atom. The van der Waals surface area contributed by atoms with E-state index < -0.39 is 0 Å². The second-order valence-electron chi connectivity index (χ2n) is 3.11. The summed E-state index contributed by atoms with van der Waals surface area (Å²) in [6.07, 6.45) is 2.72. The summed E-state index contributed by atoms with van der Waals surface area (Å²) in [4.78, 5) is 0. The maximum atomic E-state index is 5.56. The molecule has 0 aromatic rings. The molecule has 0 radical (unpaired) electrons. The number of nitrogens with one attached hydrogen (secondary N) is 1. The molecule has 72 valence electrons. The minimum atomic E-state index is 0.363. The third-order valence-corrected chi connectivity index (χ3v) is 2.29. The second-order valence-corrected chi connectivity index (χ2v) is 3.11. The Labute approximate surface area is 74.4 Å². The molecule has 3 heteroatoms. The lowest BCUT2D eigenvalue weighted by Crippen LogP contribution is -2.41. The Hall–Kier alpha value is -0.120. The van der Waals surface area contributed by atoms with Crippen molar-refractivity contribution in [2.75, 3.05) is 26.9 Å². The molecule has 1 heterocycles. The van der Waals surface area contributed by atoms with Crippen molar-refractivity contribution in [1.82, 2.24) is 5.32 Å². The van der Waals surface area contributed by atoms with Crippen LogP contribution in [0.25, 0.3) is 0 Å². The Morgan fingerprint density at radius 1 is 1.67 bits per heavy atom. The van der Waals surface area contributed by atoms with Crippen molar-refractivity contribution in [3.63, 3.8) is 0 Å². The van der Waals surface area contributed by atoms with E-state index in [1.165, 1.54) is 12.8 Å². The highest BCUT2D eigenvalue weighted by Gasteiger charge is 2.24. The number of hydrogen-bond donors (Lipinski definition) is 1. The van der Waals surface area contributed by atoms with Gasteiger partial charge in [-0.1, -0.05) is 0 Å². The maximum Gasteiger partial charge on any atom is 0.0751 e. The van der Waals surface area contributed by atoms with Gasteiger partial charge in [0, 0.05) is 13.2 Å². The van der Waals surface area contributed by atoms with Crippen LogP contribution in [-0.4, -0.2) is 39.0 Å². The number of likely N-dealkylation sites (N-methyl/N-ethyl adjacent to an activating group) is 1. The molecule has 0 aromatic heterocycles. The summed E-state index contributed by atoms with van der Waals surface area (Å²) >= 11 is 0. The molecule has 0 aromatic carbocycles. The second kappa shape index (κ2) is 5.51. The summed E-state index contributed by atoms with van der Waals surface area (Å²) < 4.78 is 10.9. The molecule has 1 fully saturated rings. The molecule has 0 saturated carbocycles. The molecule has 3 nitrogen and oxygen atoms in total. The minimum Gasteiger partial charge on any atom is -0.380 e. The van der Waals surface area contributed by atoms with Gasteiger partial charge >= 0.3 is 0 Å². The van der Waals surface area contributed by atoms with E-state index in [0.29, 0.717) is 12.1 Å². The summed E-state index contributed by atoms with van der Waals surface area (Å²) in [7, 11) is 1.96. The number of hydrogen-bond acceptors (Lipinski definition) is 3. The fraction of sp³-hybridized carbons (Fsp3) is 1.00. The van der Waals surface area contributed by atoms with Crippen LogP contribution < -0.4 is 5.32 Å². The van der Waals surface area contributed by atoms with Crippen LogP contribution in [0.4, 0.5) is 0 Å². The van der Waals surface area contributed by atoms with Gasteiger partial charge < -0.3 is 14.8 Å². The average molecular weight is 173 g/mol. The van der Waals surface area contributed by atoms with Gasteiger partial charge in [-0.05, 0) is 26.8 Å². The first-order valence-corrected chi connectivity index (χ1v) is 4.75. The summed E-state index contributed by atoms with van der Waals surface area (Å²) in [5.74, 6) is 0. The van der Waals surface area contributed by atoms with Gasteiger partial charge in [-0.25, -0.2) is 0 Å². The van der Waals surface area contributed by atoms with Gasteiger partial charge in [0.25, 0.3) is 0 Å². The number of rotatable bonds is 5. The zero-order chi connectivity index (χ0) is 8.81. The first kappa shape index (κ1) is 9.96. The largest absolute Gasteiger partial charge is 0.380 e. The Kier molecular flexibility index (Phi) is 4.58. The van der Waals surface area contributed by atoms with Gasteiger partial charge in [0.15, 0.2) is 0 Å². The van der Waals surface area contributed by atoms with Crippen molar-refractivity contribution in [2.24, 2.45) is 0 Å². The molecule has 2 unspecified atom stereocenters. The fourth-order valence-corrected chi connectivity index (χ4v) is 1.54. The molecule has 0 bridgehead atoms. The van der Waals surface area contributed by atoms with Crippen LogP contribution in [0.3, 0.4) is 0 Å². The third-order valence-electron chi connectivity index (χ3n) is 2.29. The highest BCUT2D eigenvalue weighted by atomic mass is 16.5. The Balaban J connectivity index is 2.22. The van der Waals surface area contributed by atoms with Crippen LogP contribution >= 0.6 is 0 Å². The first-order valence-electron chi connectivity index (χ1n) is 4.75. The van der Waals surface area contributed by atoms with E-state index >= 15 is 0 Å². The molecule has 2 atom stereocenters. The van der Waals surface area contributed by atoms with Crippen LogP contribution in [0.1, 0.15) is 19.8 Å². The SMILES string of the molecule is CCOCC(NC)C1CCCO1. The zero-order valence-corrected chi connectivity index (χ0v) is 8.01. The van der Waals surface area contributed by atoms with Crippen LogP contribution in [0.5, 0.6) is 0 Å². The van der Waals surface area contributed by atoms with E-state index in [1.54, 1.807) is 0 Å². The predicted octanol–water partition coefficient (Wildman–Crippen LogP) is 0.790. The highest BCUT2D eigenvalue weighted by Crippen LogP contribution is 2.15. The van der Waals surface area contributed by atoms with Crippen LogP contribution in [-0.2, 0) is 9.47 Å². The topological polar surface area (TPSA) is 30.5 Å². The fourth-order valence-electron chi connectivity index (χ4n) is 1.54. The Bertz CT molecular complexity index is 113. The molecular weight excluding hydrogens is 154 g/mol. The lowest BCUT2D eigenvalue weighted by Gasteiger charge is -2.21. The van der Waals surface area contributed by atoms with E-state index in [1.807, 2.05) is 14.0 Å². The van der Waals surface area contributed by atoms with Gasteiger partial charge in [-0.2, -0.15) is 0 Å². The normalized spacial score (nSPS) is 26.0. The Morgan fingerprint density at radius 3 is 3.00 bits per heavy atom. The monoisotopic (exact) mass is 173 g/mol. The molecule has 1 aliphatic rings. The van der Waals surface area contributed by atoms with Crippen molar-refractivity contribution in [1.29, 1.82) is 0 Å². The first-order chi connectivity index (χ1) is 5.88. The minimum absolute atomic E-state index is 0.363.